The lowest BCUT2D eigenvalue weighted by Crippen LogP contribution is -3.00. The van der Waals surface area contributed by atoms with Gasteiger partial charge in [-0.2, -0.15) is 0 Å². The van der Waals surface area contributed by atoms with Crippen LogP contribution in [0.15, 0.2) is 36.4 Å². The Balaban J connectivity index is 0.00000147. The second kappa shape index (κ2) is 5.45. The van der Waals surface area contributed by atoms with E-state index in [-0.39, 0.29) is 12.4 Å². The number of rotatable bonds is 2. The van der Waals surface area contributed by atoms with Crippen LogP contribution in [0.3, 0.4) is 0 Å². The lowest BCUT2D eigenvalue weighted by Gasteiger charge is -2.27. The number of hydrogen-bond donors (Lipinski definition) is 0. The minimum atomic E-state index is 0. The van der Waals surface area contributed by atoms with Crippen molar-refractivity contribution in [2.75, 3.05) is 4.90 Å². The van der Waals surface area contributed by atoms with Crippen molar-refractivity contribution in [2.45, 2.75) is 39.8 Å². The van der Waals surface area contributed by atoms with Crippen LogP contribution in [-0.4, -0.2) is 23.0 Å². The molecule has 0 spiro atoms. The molecule has 0 bridgehead atoms. The summed E-state index contributed by atoms with van der Waals surface area (Å²) in [7, 11) is 0. The van der Waals surface area contributed by atoms with Crippen molar-refractivity contribution in [2.24, 2.45) is 0 Å². The maximum absolute atomic E-state index is 2.37. The van der Waals surface area contributed by atoms with E-state index in [1.165, 1.54) is 22.1 Å². The van der Waals surface area contributed by atoms with Gasteiger partial charge in [-0.3, -0.25) is 0 Å². The third kappa shape index (κ3) is 2.18. The molecule has 3 rings (SSSR count). The highest BCUT2D eigenvalue weighted by atomic mass is 35.5. The highest BCUT2D eigenvalue weighted by Gasteiger charge is 2.28. The van der Waals surface area contributed by atoms with Gasteiger partial charge < -0.3 is 12.4 Å². The van der Waals surface area contributed by atoms with E-state index in [4.69, 9.17) is 0 Å². The van der Waals surface area contributed by atoms with E-state index in [1.807, 2.05) is 0 Å². The van der Waals surface area contributed by atoms with Gasteiger partial charge in [0.15, 0.2) is 0 Å². The van der Waals surface area contributed by atoms with Gasteiger partial charge in [-0.05, 0) is 45.2 Å². The Bertz CT molecular complexity index is 654. The minimum absolute atomic E-state index is 0. The molecule has 1 aliphatic rings. The second-order valence-corrected chi connectivity index (χ2v) is 5.77. The SMILES string of the molecule is CC(C)N1C=[N+](C(C)C)c2cccc3cccc1c23.[Cl-]. The lowest BCUT2D eigenvalue weighted by molar-refractivity contribution is -0.471. The monoisotopic (exact) mass is 288 g/mol. The van der Waals surface area contributed by atoms with E-state index in [9.17, 15) is 0 Å². The molecular formula is C17H21ClN2. The first-order valence-corrected chi connectivity index (χ1v) is 7.03. The molecular weight excluding hydrogens is 268 g/mol. The van der Waals surface area contributed by atoms with Crippen LogP contribution < -0.4 is 17.3 Å². The molecule has 0 aromatic heterocycles. The van der Waals surface area contributed by atoms with Gasteiger partial charge in [-0.1, -0.05) is 24.3 Å². The zero-order valence-corrected chi connectivity index (χ0v) is 13.2. The fraction of sp³-hybridized carbons (Fsp3) is 0.353. The summed E-state index contributed by atoms with van der Waals surface area (Å²) in [4.78, 5) is 2.37. The maximum Gasteiger partial charge on any atom is 0.244 e. The van der Waals surface area contributed by atoms with Crippen LogP contribution in [0.1, 0.15) is 27.7 Å². The molecule has 0 saturated carbocycles. The van der Waals surface area contributed by atoms with Crippen LogP contribution >= 0.6 is 0 Å². The van der Waals surface area contributed by atoms with Crippen LogP contribution in [-0.2, 0) is 0 Å². The summed E-state index contributed by atoms with van der Waals surface area (Å²) in [6, 6.07) is 14.1. The molecule has 3 heteroatoms. The first kappa shape index (κ1) is 14.9. The average Bonchev–Trinajstić information content (AvgIpc) is 2.39. The van der Waals surface area contributed by atoms with Gasteiger partial charge in [-0.25, -0.2) is 9.48 Å². The van der Waals surface area contributed by atoms with Crippen molar-refractivity contribution in [3.05, 3.63) is 36.4 Å². The fourth-order valence-electron chi connectivity index (χ4n) is 2.81. The predicted octanol–water partition coefficient (Wildman–Crippen LogP) is 1.15. The third-order valence-electron chi connectivity index (χ3n) is 3.78. The van der Waals surface area contributed by atoms with Crippen molar-refractivity contribution >= 4 is 28.5 Å². The van der Waals surface area contributed by atoms with Gasteiger partial charge in [0, 0.05) is 0 Å². The van der Waals surface area contributed by atoms with Crippen LogP contribution in [0, 0.1) is 0 Å². The molecule has 2 aromatic carbocycles. The summed E-state index contributed by atoms with van der Waals surface area (Å²) in [5.41, 5.74) is 2.64. The first-order chi connectivity index (χ1) is 9.09. The Hall–Kier alpha value is -1.54. The van der Waals surface area contributed by atoms with Crippen molar-refractivity contribution in [1.82, 2.24) is 0 Å². The van der Waals surface area contributed by atoms with Gasteiger partial charge in [0.2, 0.25) is 6.34 Å². The molecule has 20 heavy (non-hydrogen) atoms. The number of anilines is 1. The smallest absolute Gasteiger partial charge is 0.244 e. The van der Waals surface area contributed by atoms with Gasteiger partial charge in [0.25, 0.3) is 0 Å². The zero-order valence-electron chi connectivity index (χ0n) is 12.5. The molecule has 0 radical (unpaired) electrons. The molecule has 106 valence electrons. The molecule has 0 amide bonds. The van der Waals surface area contributed by atoms with Crippen LogP contribution in [0.5, 0.6) is 0 Å². The van der Waals surface area contributed by atoms with Crippen molar-refractivity contribution < 1.29 is 17.0 Å². The molecule has 0 unspecified atom stereocenters. The molecule has 0 saturated heterocycles. The number of benzene rings is 2. The maximum atomic E-state index is 2.37. The Morgan fingerprint density at radius 3 is 2.20 bits per heavy atom. The molecule has 2 aromatic rings. The summed E-state index contributed by atoms with van der Waals surface area (Å²) in [6.07, 6.45) is 2.26. The molecule has 1 aliphatic heterocycles. The van der Waals surface area contributed by atoms with E-state index in [0.29, 0.717) is 12.1 Å². The summed E-state index contributed by atoms with van der Waals surface area (Å²) in [5.74, 6) is 0. The van der Waals surface area contributed by atoms with Crippen LogP contribution in [0.4, 0.5) is 11.4 Å². The normalized spacial score (nSPS) is 13.7. The number of hydrogen-bond acceptors (Lipinski definition) is 1. The highest BCUT2D eigenvalue weighted by molar-refractivity contribution is 6.06. The van der Waals surface area contributed by atoms with Crippen molar-refractivity contribution in [1.29, 1.82) is 0 Å². The third-order valence-corrected chi connectivity index (χ3v) is 3.78. The number of halogens is 1. The average molecular weight is 289 g/mol. The standard InChI is InChI=1S/C17H21N2.ClH/c1-12(2)18-11-19(13(3)4)16-10-6-8-14-7-5-9-15(18)17(14)16;/h5-13H,1-4H3;1H/q+1;/p-1. The molecule has 1 heterocycles. The molecule has 0 aliphatic carbocycles. The van der Waals surface area contributed by atoms with E-state index in [2.05, 4.69) is 79.9 Å². The minimum Gasteiger partial charge on any atom is -1.00 e. The van der Waals surface area contributed by atoms with E-state index in [1.54, 1.807) is 0 Å². The summed E-state index contributed by atoms with van der Waals surface area (Å²) >= 11 is 0. The van der Waals surface area contributed by atoms with E-state index < -0.39 is 0 Å². The van der Waals surface area contributed by atoms with E-state index >= 15 is 0 Å². The lowest BCUT2D eigenvalue weighted by atomic mass is 10.0. The Morgan fingerprint density at radius 1 is 0.950 bits per heavy atom. The Kier molecular flexibility index (Phi) is 4.05. The Morgan fingerprint density at radius 2 is 1.60 bits per heavy atom. The molecule has 0 atom stereocenters. The fourth-order valence-corrected chi connectivity index (χ4v) is 2.81. The quantitative estimate of drug-likeness (QED) is 0.752. The van der Waals surface area contributed by atoms with Crippen molar-refractivity contribution in [3.8, 4) is 0 Å². The second-order valence-electron chi connectivity index (χ2n) is 5.77. The predicted molar refractivity (Wildman–Crippen MR) is 82.7 cm³/mol. The van der Waals surface area contributed by atoms with Crippen molar-refractivity contribution in [3.63, 3.8) is 0 Å². The topological polar surface area (TPSA) is 6.25 Å². The van der Waals surface area contributed by atoms with Crippen LogP contribution in [0.25, 0.3) is 10.8 Å². The zero-order chi connectivity index (χ0) is 13.6. The number of nitrogens with zero attached hydrogens (tertiary/aromatic N) is 2. The summed E-state index contributed by atoms with van der Waals surface area (Å²) in [6.45, 7) is 8.95. The van der Waals surface area contributed by atoms with Gasteiger partial charge in [0.1, 0.15) is 11.4 Å². The van der Waals surface area contributed by atoms with Gasteiger partial charge in [0.05, 0.1) is 17.5 Å². The van der Waals surface area contributed by atoms with E-state index in [0.717, 1.165) is 0 Å². The highest BCUT2D eigenvalue weighted by Crippen LogP contribution is 2.38. The molecule has 0 N–H and O–H groups in total. The van der Waals surface area contributed by atoms with Crippen LogP contribution in [0.2, 0.25) is 0 Å². The largest absolute Gasteiger partial charge is 1.00 e. The molecule has 0 fully saturated rings. The van der Waals surface area contributed by atoms with Gasteiger partial charge >= 0.3 is 0 Å². The molecule has 2 nitrogen and oxygen atoms in total. The summed E-state index contributed by atoms with van der Waals surface area (Å²) < 4.78 is 2.37. The van der Waals surface area contributed by atoms with Gasteiger partial charge in [-0.15, -0.1) is 0 Å². The summed E-state index contributed by atoms with van der Waals surface area (Å²) in [5, 5.41) is 2.69. The first-order valence-electron chi connectivity index (χ1n) is 7.03. The Labute approximate surface area is 127 Å².